The van der Waals surface area contributed by atoms with E-state index in [9.17, 15) is 4.79 Å². The van der Waals surface area contributed by atoms with Crippen molar-refractivity contribution in [3.8, 4) is 5.75 Å². The molecule has 1 atom stereocenters. The maximum atomic E-state index is 12.3. The van der Waals surface area contributed by atoms with Crippen molar-refractivity contribution in [3.05, 3.63) is 46.3 Å². The van der Waals surface area contributed by atoms with Crippen LogP contribution in [0.3, 0.4) is 0 Å². The van der Waals surface area contributed by atoms with Gasteiger partial charge in [-0.1, -0.05) is 17.7 Å². The van der Waals surface area contributed by atoms with Crippen molar-refractivity contribution in [1.29, 1.82) is 0 Å². The second-order valence-electron chi connectivity index (χ2n) is 6.26. The molecule has 0 aliphatic heterocycles. The standard InChI is InChI=1S/C19H28N4O2/c1-7-23-15(5)17(14(4)22-23)11-20-19(24)21-13(3)16-10-12(2)8-9-18(16)25-6/h8-10,13H,7,11H2,1-6H3,(H2,20,21,24). The van der Waals surface area contributed by atoms with Crippen LogP contribution in [0.4, 0.5) is 4.79 Å². The van der Waals surface area contributed by atoms with Gasteiger partial charge in [-0.25, -0.2) is 4.79 Å². The molecule has 136 valence electrons. The van der Waals surface area contributed by atoms with Crippen molar-refractivity contribution in [2.75, 3.05) is 7.11 Å². The average molecular weight is 344 g/mol. The van der Waals surface area contributed by atoms with Crippen molar-refractivity contribution < 1.29 is 9.53 Å². The highest BCUT2D eigenvalue weighted by Crippen LogP contribution is 2.26. The van der Waals surface area contributed by atoms with Gasteiger partial charge in [0, 0.05) is 29.9 Å². The summed E-state index contributed by atoms with van der Waals surface area (Å²) in [5.74, 6) is 0.773. The molecule has 1 aromatic heterocycles. The third-order valence-corrected chi connectivity index (χ3v) is 4.46. The van der Waals surface area contributed by atoms with Gasteiger partial charge in [0.1, 0.15) is 5.75 Å². The van der Waals surface area contributed by atoms with Crippen molar-refractivity contribution in [2.24, 2.45) is 0 Å². The second kappa shape index (κ2) is 8.05. The van der Waals surface area contributed by atoms with E-state index in [2.05, 4.69) is 22.7 Å². The predicted octanol–water partition coefficient (Wildman–Crippen LogP) is 3.40. The third kappa shape index (κ3) is 4.32. The number of benzene rings is 1. The van der Waals surface area contributed by atoms with E-state index >= 15 is 0 Å². The third-order valence-electron chi connectivity index (χ3n) is 4.46. The number of aromatic nitrogens is 2. The predicted molar refractivity (Wildman–Crippen MR) is 98.9 cm³/mol. The second-order valence-corrected chi connectivity index (χ2v) is 6.26. The molecule has 6 nitrogen and oxygen atoms in total. The van der Waals surface area contributed by atoms with E-state index in [1.165, 1.54) is 0 Å². The fourth-order valence-electron chi connectivity index (χ4n) is 2.98. The van der Waals surface area contributed by atoms with E-state index in [4.69, 9.17) is 4.74 Å². The molecule has 1 heterocycles. The monoisotopic (exact) mass is 344 g/mol. The van der Waals surface area contributed by atoms with Gasteiger partial charge in [-0.2, -0.15) is 5.10 Å². The maximum Gasteiger partial charge on any atom is 0.315 e. The molecule has 2 aromatic rings. The number of ether oxygens (including phenoxy) is 1. The average Bonchev–Trinajstić information content (AvgIpc) is 2.86. The first kappa shape index (κ1) is 18.8. The van der Waals surface area contributed by atoms with Gasteiger partial charge in [-0.05, 0) is 40.7 Å². The number of amides is 2. The Labute approximate surface area is 149 Å². The summed E-state index contributed by atoms with van der Waals surface area (Å²) in [6.45, 7) is 11.3. The first-order chi connectivity index (χ1) is 11.9. The molecule has 0 spiro atoms. The molecule has 6 heteroatoms. The lowest BCUT2D eigenvalue weighted by atomic mass is 10.0. The molecule has 0 bridgehead atoms. The molecule has 2 rings (SSSR count). The van der Waals surface area contributed by atoms with Crippen molar-refractivity contribution in [3.63, 3.8) is 0 Å². The number of methoxy groups -OCH3 is 1. The van der Waals surface area contributed by atoms with E-state index in [1.54, 1.807) is 7.11 Å². The topological polar surface area (TPSA) is 68.2 Å². The summed E-state index contributed by atoms with van der Waals surface area (Å²) in [5, 5.41) is 10.4. The number of nitrogens with zero attached hydrogens (tertiary/aromatic N) is 2. The first-order valence-electron chi connectivity index (χ1n) is 8.59. The Morgan fingerprint density at radius 1 is 1.32 bits per heavy atom. The van der Waals surface area contributed by atoms with Crippen LogP contribution in [0.25, 0.3) is 0 Å². The van der Waals surface area contributed by atoms with Crippen molar-refractivity contribution >= 4 is 6.03 Å². The Morgan fingerprint density at radius 2 is 2.04 bits per heavy atom. The summed E-state index contributed by atoms with van der Waals surface area (Å²) in [6, 6.07) is 5.58. The van der Waals surface area contributed by atoms with Crippen LogP contribution in [0.1, 0.15) is 48.0 Å². The summed E-state index contributed by atoms with van der Waals surface area (Å²) in [6.07, 6.45) is 0. The Hall–Kier alpha value is -2.50. The Kier molecular flexibility index (Phi) is 6.07. The molecule has 0 aliphatic carbocycles. The molecule has 1 unspecified atom stereocenters. The Balaban J connectivity index is 2.01. The molecule has 2 amide bonds. The molecule has 1 aromatic carbocycles. The van der Waals surface area contributed by atoms with E-state index in [0.717, 1.165) is 40.4 Å². The van der Waals surface area contributed by atoms with Crippen molar-refractivity contribution in [1.82, 2.24) is 20.4 Å². The SMILES string of the molecule is CCn1nc(C)c(CNC(=O)NC(C)c2cc(C)ccc2OC)c1C. The minimum Gasteiger partial charge on any atom is -0.496 e. The smallest absolute Gasteiger partial charge is 0.315 e. The van der Waals surface area contributed by atoms with Gasteiger partial charge < -0.3 is 15.4 Å². The lowest BCUT2D eigenvalue weighted by molar-refractivity contribution is 0.237. The van der Waals surface area contributed by atoms with Gasteiger partial charge in [-0.3, -0.25) is 4.68 Å². The van der Waals surface area contributed by atoms with E-state index in [1.807, 2.05) is 50.6 Å². The van der Waals surface area contributed by atoms with Gasteiger partial charge in [0.2, 0.25) is 0 Å². The van der Waals surface area contributed by atoms with Gasteiger partial charge >= 0.3 is 6.03 Å². The lowest BCUT2D eigenvalue weighted by Gasteiger charge is -2.18. The van der Waals surface area contributed by atoms with Crippen LogP contribution in [-0.4, -0.2) is 22.9 Å². The number of hydrogen-bond donors (Lipinski definition) is 2. The van der Waals surface area contributed by atoms with Crippen LogP contribution >= 0.6 is 0 Å². The van der Waals surface area contributed by atoms with Crippen molar-refractivity contribution in [2.45, 2.75) is 53.8 Å². The summed E-state index contributed by atoms with van der Waals surface area (Å²) >= 11 is 0. The van der Waals surface area contributed by atoms with E-state index in [-0.39, 0.29) is 12.1 Å². The quantitative estimate of drug-likeness (QED) is 0.844. The molecule has 0 radical (unpaired) electrons. The van der Waals surface area contributed by atoms with Crippen LogP contribution in [0.15, 0.2) is 18.2 Å². The number of nitrogens with one attached hydrogen (secondary N) is 2. The van der Waals surface area contributed by atoms with E-state index in [0.29, 0.717) is 6.54 Å². The van der Waals surface area contributed by atoms with Crippen LogP contribution in [0.2, 0.25) is 0 Å². The van der Waals surface area contributed by atoms with Gasteiger partial charge in [-0.15, -0.1) is 0 Å². The highest BCUT2D eigenvalue weighted by atomic mass is 16.5. The molecular formula is C19H28N4O2. The van der Waals surface area contributed by atoms with Gasteiger partial charge in [0.05, 0.1) is 18.8 Å². The minimum atomic E-state index is -0.209. The fraction of sp³-hybridized carbons (Fsp3) is 0.474. The molecule has 0 saturated heterocycles. The van der Waals surface area contributed by atoms with Crippen LogP contribution in [0, 0.1) is 20.8 Å². The Bertz CT molecular complexity index is 752. The first-order valence-corrected chi connectivity index (χ1v) is 8.59. The zero-order valence-electron chi connectivity index (χ0n) is 15.9. The summed E-state index contributed by atoms with van der Waals surface area (Å²) in [7, 11) is 1.64. The van der Waals surface area contributed by atoms with Gasteiger partial charge in [0.15, 0.2) is 0 Å². The zero-order chi connectivity index (χ0) is 18.6. The summed E-state index contributed by atoms with van der Waals surface area (Å²) in [4.78, 5) is 12.3. The summed E-state index contributed by atoms with van der Waals surface area (Å²) < 4.78 is 7.35. The number of hydrogen-bond acceptors (Lipinski definition) is 3. The highest BCUT2D eigenvalue weighted by molar-refractivity contribution is 5.74. The lowest BCUT2D eigenvalue weighted by Crippen LogP contribution is -2.37. The summed E-state index contributed by atoms with van der Waals surface area (Å²) in [5.41, 5.74) is 5.20. The maximum absolute atomic E-state index is 12.3. The largest absolute Gasteiger partial charge is 0.496 e. The molecular weight excluding hydrogens is 316 g/mol. The molecule has 0 aliphatic rings. The number of carbonyl (C=O) groups is 1. The zero-order valence-corrected chi connectivity index (χ0v) is 15.9. The number of urea groups is 1. The molecule has 0 saturated carbocycles. The fourth-order valence-corrected chi connectivity index (χ4v) is 2.98. The van der Waals surface area contributed by atoms with Crippen LogP contribution in [0.5, 0.6) is 5.75 Å². The minimum absolute atomic E-state index is 0.157. The number of carbonyl (C=O) groups excluding carboxylic acids is 1. The number of rotatable bonds is 6. The Morgan fingerprint density at radius 3 is 2.64 bits per heavy atom. The molecule has 25 heavy (non-hydrogen) atoms. The molecule has 2 N–H and O–H groups in total. The van der Waals surface area contributed by atoms with Gasteiger partial charge in [0.25, 0.3) is 0 Å². The van der Waals surface area contributed by atoms with E-state index < -0.39 is 0 Å². The van der Waals surface area contributed by atoms with Crippen LogP contribution in [-0.2, 0) is 13.1 Å². The highest BCUT2D eigenvalue weighted by Gasteiger charge is 2.16. The number of aryl methyl sites for hydroxylation is 3. The molecule has 0 fully saturated rings. The van der Waals surface area contributed by atoms with Crippen LogP contribution < -0.4 is 15.4 Å². The normalized spacial score (nSPS) is 11.9.